The Bertz CT molecular complexity index is 1450. The molecule has 0 bridgehead atoms. The van der Waals surface area contributed by atoms with Crippen molar-refractivity contribution in [3.8, 4) is 11.5 Å². The molecule has 0 spiro atoms. The van der Waals surface area contributed by atoms with E-state index in [1.165, 1.54) is 11.0 Å². The van der Waals surface area contributed by atoms with Crippen LogP contribution in [0.15, 0.2) is 51.8 Å². The highest BCUT2D eigenvalue weighted by Crippen LogP contribution is 2.36. The lowest BCUT2D eigenvalue weighted by Crippen LogP contribution is -2.45. The number of carbonyl (C=O) groups is 1. The number of anilines is 2. The summed E-state index contributed by atoms with van der Waals surface area (Å²) in [4.78, 5) is 17.2. The highest BCUT2D eigenvalue weighted by atomic mass is 32.2. The molecular weight excluding hydrogens is 518 g/mol. The first kappa shape index (κ1) is 27.3. The van der Waals surface area contributed by atoms with E-state index in [4.69, 9.17) is 14.9 Å². The van der Waals surface area contributed by atoms with Crippen molar-refractivity contribution in [3.63, 3.8) is 0 Å². The molecule has 0 aliphatic carbocycles. The van der Waals surface area contributed by atoms with Crippen molar-refractivity contribution in [3.05, 3.63) is 53.9 Å². The summed E-state index contributed by atoms with van der Waals surface area (Å²) in [5.74, 6) is -0.204. The topological polar surface area (TPSA) is 132 Å². The molecule has 2 aliphatic rings. The summed E-state index contributed by atoms with van der Waals surface area (Å²) >= 11 is 0. The van der Waals surface area contributed by atoms with Gasteiger partial charge in [-0.15, -0.1) is 10.2 Å². The fourth-order valence-corrected chi connectivity index (χ4v) is 6.55. The van der Waals surface area contributed by atoms with Gasteiger partial charge in [0, 0.05) is 36.9 Å². The molecule has 208 valence electrons. The minimum Gasteiger partial charge on any atom is -0.420 e. The number of methoxy groups -OCH3 is 1. The Hall–Kier alpha value is -3.28. The van der Waals surface area contributed by atoms with Gasteiger partial charge in [-0.3, -0.25) is 4.79 Å². The Morgan fingerprint density at radius 1 is 1.08 bits per heavy atom. The largest absolute Gasteiger partial charge is 0.420 e. The zero-order chi connectivity index (χ0) is 27.9. The van der Waals surface area contributed by atoms with Crippen LogP contribution in [0.25, 0.3) is 11.5 Å². The van der Waals surface area contributed by atoms with Gasteiger partial charge in [0.2, 0.25) is 17.7 Å². The van der Waals surface area contributed by atoms with Gasteiger partial charge < -0.3 is 24.7 Å². The van der Waals surface area contributed by atoms with Crippen molar-refractivity contribution in [1.29, 1.82) is 0 Å². The summed E-state index contributed by atoms with van der Waals surface area (Å²) in [6, 6.07) is 11.6. The predicted molar refractivity (Wildman–Crippen MR) is 148 cm³/mol. The van der Waals surface area contributed by atoms with Crippen LogP contribution in [0.3, 0.4) is 0 Å². The van der Waals surface area contributed by atoms with Gasteiger partial charge in [0.1, 0.15) is 0 Å². The van der Waals surface area contributed by atoms with Crippen LogP contribution in [-0.2, 0) is 31.3 Å². The molecule has 3 heterocycles. The minimum absolute atomic E-state index is 0.0562. The average molecular weight is 554 g/mol. The zero-order valence-corrected chi connectivity index (χ0v) is 23.6. The number of fused-ring (bicyclic) bond motifs is 1. The molecule has 1 fully saturated rings. The maximum absolute atomic E-state index is 13.4. The van der Waals surface area contributed by atoms with Gasteiger partial charge in [0.15, 0.2) is 9.84 Å². The molecule has 2 aliphatic heterocycles. The number of hydrogen-bond donors (Lipinski definition) is 1. The third kappa shape index (κ3) is 5.57. The normalized spacial score (nSPS) is 20.1. The zero-order valence-electron chi connectivity index (χ0n) is 22.8. The molecule has 5 rings (SSSR count). The number of sulfone groups is 1. The lowest BCUT2D eigenvalue weighted by Gasteiger charge is -2.33. The van der Waals surface area contributed by atoms with Crippen molar-refractivity contribution in [1.82, 2.24) is 10.2 Å². The first-order valence-electron chi connectivity index (χ1n) is 13.1. The van der Waals surface area contributed by atoms with Gasteiger partial charge >= 0.3 is 0 Å². The molecule has 1 saturated heterocycles. The first-order valence-corrected chi connectivity index (χ1v) is 14.8. The molecule has 1 aromatic heterocycles. The molecule has 1 amide bonds. The van der Waals surface area contributed by atoms with Crippen molar-refractivity contribution in [2.75, 3.05) is 35.8 Å². The number of ether oxygens (including phenoxy) is 1. The third-order valence-corrected chi connectivity index (χ3v) is 9.11. The second kappa shape index (κ2) is 10.4. The average Bonchev–Trinajstić information content (AvgIpc) is 3.40. The molecule has 0 unspecified atom stereocenters. The highest BCUT2D eigenvalue weighted by Gasteiger charge is 2.36. The van der Waals surface area contributed by atoms with Crippen LogP contribution < -0.4 is 15.5 Å². The molecule has 10 nitrogen and oxygen atoms in total. The van der Waals surface area contributed by atoms with Crippen molar-refractivity contribution in [2.24, 2.45) is 5.73 Å². The van der Waals surface area contributed by atoms with E-state index in [1.807, 2.05) is 45.0 Å². The third-order valence-electron chi connectivity index (χ3n) is 7.30. The van der Waals surface area contributed by atoms with Gasteiger partial charge in [0.05, 0.1) is 35.0 Å². The van der Waals surface area contributed by atoms with Crippen molar-refractivity contribution < 1.29 is 22.4 Å². The highest BCUT2D eigenvalue weighted by molar-refractivity contribution is 7.91. The van der Waals surface area contributed by atoms with Crippen molar-refractivity contribution >= 4 is 27.1 Å². The fourth-order valence-electron chi connectivity index (χ4n) is 4.99. The summed E-state index contributed by atoms with van der Waals surface area (Å²) < 4.78 is 37.7. The van der Waals surface area contributed by atoms with Crippen LogP contribution in [0.5, 0.6) is 0 Å². The Labute approximate surface area is 229 Å². The number of nitrogens with two attached hydrogens (primary N) is 1. The van der Waals surface area contributed by atoms with Gasteiger partial charge in [0.25, 0.3) is 0 Å². The van der Waals surface area contributed by atoms with Crippen LogP contribution in [0, 0.1) is 0 Å². The molecule has 11 heteroatoms. The number of nitrogens with zero attached hydrogens (tertiary/aromatic N) is 4. The van der Waals surface area contributed by atoms with Crippen molar-refractivity contribution in [2.45, 2.75) is 62.6 Å². The number of aromatic nitrogens is 2. The number of rotatable bonds is 5. The SMILES string of the molecule is COC1CCN(c2ccc(CN3C(=O)[C@@H](N)CS(=O)(=O)c4ccc(-c5nnc(C(C)(C)C)o5)cc43)cc2)CC1. The molecule has 39 heavy (non-hydrogen) atoms. The summed E-state index contributed by atoms with van der Waals surface area (Å²) in [6.07, 6.45) is 2.25. The molecule has 2 aromatic carbocycles. The second-order valence-electron chi connectivity index (χ2n) is 11.2. The minimum atomic E-state index is -3.80. The quantitative estimate of drug-likeness (QED) is 0.505. The Morgan fingerprint density at radius 3 is 2.38 bits per heavy atom. The lowest BCUT2D eigenvalue weighted by atomic mass is 9.97. The molecule has 0 saturated carbocycles. The first-order chi connectivity index (χ1) is 18.5. The molecular formula is C28H35N5O5S. The molecule has 3 aromatic rings. The van der Waals surface area contributed by atoms with Crippen LogP contribution >= 0.6 is 0 Å². The van der Waals surface area contributed by atoms with Gasteiger partial charge in [-0.05, 0) is 48.7 Å². The smallest absolute Gasteiger partial charge is 0.247 e. The second-order valence-corrected chi connectivity index (χ2v) is 13.2. The standard InChI is InChI=1S/C28H35N5O5S/c1-28(2,3)27-31-30-25(38-27)19-7-10-24-23(15-19)33(26(34)22(29)17-39(24,35)36)16-18-5-8-20(9-6-18)32-13-11-21(37-4)12-14-32/h5-10,15,21-22H,11-14,16-17,29H2,1-4H3/t22-/m0/s1. The molecule has 2 N–H and O–H groups in total. The maximum Gasteiger partial charge on any atom is 0.247 e. The Morgan fingerprint density at radius 2 is 1.77 bits per heavy atom. The summed E-state index contributed by atoms with van der Waals surface area (Å²) in [5, 5.41) is 8.31. The molecule has 1 atom stereocenters. The van der Waals surface area contributed by atoms with Gasteiger partial charge in [-0.2, -0.15) is 0 Å². The van der Waals surface area contributed by atoms with E-state index in [2.05, 4.69) is 15.1 Å². The van der Waals surface area contributed by atoms with Crippen LogP contribution in [0.1, 0.15) is 45.1 Å². The predicted octanol–water partition coefficient (Wildman–Crippen LogP) is 3.30. The Kier molecular flexibility index (Phi) is 7.25. The van der Waals surface area contributed by atoms with E-state index >= 15 is 0 Å². The van der Waals surface area contributed by atoms with Gasteiger partial charge in [-0.1, -0.05) is 32.9 Å². The van der Waals surface area contributed by atoms with Crippen LogP contribution in [0.2, 0.25) is 0 Å². The van der Waals surface area contributed by atoms with E-state index in [1.54, 1.807) is 19.2 Å². The number of amides is 1. The van der Waals surface area contributed by atoms with E-state index in [-0.39, 0.29) is 28.4 Å². The van der Waals surface area contributed by atoms with Gasteiger partial charge in [-0.25, -0.2) is 8.42 Å². The monoisotopic (exact) mass is 553 g/mol. The number of carbonyl (C=O) groups excluding carboxylic acids is 1. The molecule has 0 radical (unpaired) electrons. The van der Waals surface area contributed by atoms with E-state index in [0.717, 1.165) is 37.2 Å². The van der Waals surface area contributed by atoms with E-state index in [9.17, 15) is 13.2 Å². The fraction of sp³-hybridized carbons (Fsp3) is 0.464. The van der Waals surface area contributed by atoms with E-state index in [0.29, 0.717) is 17.6 Å². The number of benzene rings is 2. The lowest BCUT2D eigenvalue weighted by molar-refractivity contribution is -0.119. The summed E-state index contributed by atoms with van der Waals surface area (Å²) in [5.41, 5.74) is 8.48. The summed E-state index contributed by atoms with van der Waals surface area (Å²) in [6.45, 7) is 7.88. The van der Waals surface area contributed by atoms with E-state index < -0.39 is 27.5 Å². The number of piperidine rings is 1. The maximum atomic E-state index is 13.4. The van der Waals surface area contributed by atoms with Crippen LogP contribution in [0.4, 0.5) is 11.4 Å². The van der Waals surface area contributed by atoms with Crippen LogP contribution in [-0.4, -0.2) is 62.6 Å². The summed E-state index contributed by atoms with van der Waals surface area (Å²) in [7, 11) is -2.05. The Balaban J connectivity index is 1.47. The number of hydrogen-bond acceptors (Lipinski definition) is 9.